The number of carbonyl (C=O) groups is 1. The largest absolute Gasteiger partial charge is 0.465 e. The van der Waals surface area contributed by atoms with Crippen molar-refractivity contribution in [3.05, 3.63) is 66.5 Å². The van der Waals surface area contributed by atoms with Crippen LogP contribution in [0.5, 0.6) is 0 Å². The fourth-order valence-electron chi connectivity index (χ4n) is 3.08. The van der Waals surface area contributed by atoms with Crippen LogP contribution in [0.3, 0.4) is 0 Å². The van der Waals surface area contributed by atoms with E-state index < -0.39 is 5.97 Å². The van der Waals surface area contributed by atoms with Gasteiger partial charge in [-0.2, -0.15) is 0 Å². The van der Waals surface area contributed by atoms with Gasteiger partial charge in [0.05, 0.1) is 18.2 Å². The van der Waals surface area contributed by atoms with Gasteiger partial charge in [-0.1, -0.05) is 12.1 Å². The lowest BCUT2D eigenvalue weighted by atomic mass is 10.2. The fourth-order valence-corrected chi connectivity index (χ4v) is 3.08. The Kier molecular flexibility index (Phi) is 3.65. The lowest BCUT2D eigenvalue weighted by Gasteiger charge is -1.97. The Morgan fingerprint density at radius 3 is 2.32 bits per heavy atom. The molecule has 7 heteroatoms. The van der Waals surface area contributed by atoms with Crippen molar-refractivity contribution in [2.75, 3.05) is 7.11 Å². The minimum atomic E-state index is -0.468. The molecular formula is C21H13N3O4. The van der Waals surface area contributed by atoms with Crippen molar-refractivity contribution < 1.29 is 18.4 Å². The van der Waals surface area contributed by atoms with Gasteiger partial charge in [-0.15, -0.1) is 0 Å². The highest BCUT2D eigenvalue weighted by atomic mass is 16.5. The summed E-state index contributed by atoms with van der Waals surface area (Å²) in [5, 5.41) is 0. The second-order valence-electron chi connectivity index (χ2n) is 6.07. The summed E-state index contributed by atoms with van der Waals surface area (Å²) in [6, 6.07) is 14.3. The summed E-state index contributed by atoms with van der Waals surface area (Å²) in [4.78, 5) is 25.2. The zero-order valence-corrected chi connectivity index (χ0v) is 14.7. The predicted octanol–water partition coefficient (Wildman–Crippen LogP) is 4.48. The SMILES string of the molecule is COC(=O)c1cccc2oc(-c3cccc4oc(-c5ccncc5)nc34)nc12. The molecule has 2 aromatic carbocycles. The third kappa shape index (κ3) is 2.52. The molecule has 0 aliphatic carbocycles. The number of ether oxygens (including phenoxy) is 1. The molecule has 0 unspecified atom stereocenters. The fraction of sp³-hybridized carbons (Fsp3) is 0.0476. The second kappa shape index (κ2) is 6.31. The topological polar surface area (TPSA) is 91.2 Å². The predicted molar refractivity (Wildman–Crippen MR) is 102 cm³/mol. The van der Waals surface area contributed by atoms with E-state index in [9.17, 15) is 4.79 Å². The average molecular weight is 371 g/mol. The van der Waals surface area contributed by atoms with Crippen molar-refractivity contribution in [3.8, 4) is 22.9 Å². The number of fused-ring (bicyclic) bond motifs is 2. The summed E-state index contributed by atoms with van der Waals surface area (Å²) < 4.78 is 16.6. The van der Waals surface area contributed by atoms with E-state index >= 15 is 0 Å². The quantitative estimate of drug-likeness (QED) is 0.432. The number of pyridine rings is 1. The van der Waals surface area contributed by atoms with E-state index in [2.05, 4.69) is 15.0 Å². The van der Waals surface area contributed by atoms with Crippen LogP contribution in [0.25, 0.3) is 45.1 Å². The summed E-state index contributed by atoms with van der Waals surface area (Å²) >= 11 is 0. The smallest absolute Gasteiger partial charge is 0.340 e. The van der Waals surface area contributed by atoms with Gasteiger partial charge in [-0.05, 0) is 36.4 Å². The van der Waals surface area contributed by atoms with Crippen LogP contribution < -0.4 is 0 Å². The standard InChI is InChI=1S/C21H13N3O4/c1-26-21(25)14-5-3-7-16-18(14)24-20(28-16)13-4-2-6-15-17(13)23-19(27-15)12-8-10-22-11-9-12/h2-11H,1H3. The molecular weight excluding hydrogens is 358 g/mol. The zero-order valence-electron chi connectivity index (χ0n) is 14.7. The van der Waals surface area contributed by atoms with E-state index in [0.717, 1.165) is 5.56 Å². The van der Waals surface area contributed by atoms with Gasteiger partial charge in [0.1, 0.15) is 11.0 Å². The minimum absolute atomic E-state index is 0.347. The molecule has 5 aromatic rings. The van der Waals surface area contributed by atoms with Crippen LogP contribution in [-0.2, 0) is 4.74 Å². The molecule has 0 saturated carbocycles. The van der Waals surface area contributed by atoms with Crippen molar-refractivity contribution >= 4 is 28.2 Å². The first-order valence-corrected chi connectivity index (χ1v) is 8.53. The number of para-hydroxylation sites is 2. The molecule has 0 spiro atoms. The van der Waals surface area contributed by atoms with Crippen LogP contribution in [-0.4, -0.2) is 28.0 Å². The maximum Gasteiger partial charge on any atom is 0.340 e. The molecule has 28 heavy (non-hydrogen) atoms. The Bertz CT molecular complexity index is 1320. The summed E-state index contributed by atoms with van der Waals surface area (Å²) in [5.41, 5.74) is 4.02. The van der Waals surface area contributed by atoms with Crippen molar-refractivity contribution in [1.29, 1.82) is 0 Å². The molecule has 136 valence electrons. The number of esters is 1. The Labute approximate surface area is 158 Å². The third-order valence-electron chi connectivity index (χ3n) is 4.40. The summed E-state index contributed by atoms with van der Waals surface area (Å²) in [5.74, 6) is 0.368. The number of methoxy groups -OCH3 is 1. The minimum Gasteiger partial charge on any atom is -0.465 e. The van der Waals surface area contributed by atoms with E-state index in [1.54, 1.807) is 30.6 Å². The van der Waals surface area contributed by atoms with Crippen LogP contribution in [0.2, 0.25) is 0 Å². The van der Waals surface area contributed by atoms with Gasteiger partial charge in [0.2, 0.25) is 11.8 Å². The van der Waals surface area contributed by atoms with E-state index in [-0.39, 0.29) is 0 Å². The van der Waals surface area contributed by atoms with Crippen molar-refractivity contribution in [2.45, 2.75) is 0 Å². The van der Waals surface area contributed by atoms with Crippen LogP contribution in [0.15, 0.2) is 69.8 Å². The third-order valence-corrected chi connectivity index (χ3v) is 4.40. The summed E-state index contributed by atoms with van der Waals surface area (Å²) in [6.07, 6.45) is 3.36. The van der Waals surface area contributed by atoms with Crippen LogP contribution in [0.4, 0.5) is 0 Å². The number of hydrogen-bond donors (Lipinski definition) is 0. The number of rotatable bonds is 3. The Morgan fingerprint density at radius 2 is 1.54 bits per heavy atom. The van der Waals surface area contributed by atoms with Gasteiger partial charge in [0, 0.05) is 18.0 Å². The highest BCUT2D eigenvalue weighted by Crippen LogP contribution is 2.33. The lowest BCUT2D eigenvalue weighted by Crippen LogP contribution is -2.01. The molecule has 0 N–H and O–H groups in total. The molecule has 3 heterocycles. The summed E-state index contributed by atoms with van der Waals surface area (Å²) in [6.45, 7) is 0. The number of oxazole rings is 2. The molecule has 7 nitrogen and oxygen atoms in total. The van der Waals surface area contributed by atoms with E-state index in [0.29, 0.717) is 45.1 Å². The number of benzene rings is 2. The van der Waals surface area contributed by atoms with Gasteiger partial charge in [0.25, 0.3) is 0 Å². The molecule has 0 fully saturated rings. The van der Waals surface area contributed by atoms with Crippen LogP contribution in [0.1, 0.15) is 10.4 Å². The molecule has 0 saturated heterocycles. The molecule has 0 aliphatic rings. The first-order chi connectivity index (χ1) is 13.7. The van der Waals surface area contributed by atoms with Gasteiger partial charge >= 0.3 is 5.97 Å². The van der Waals surface area contributed by atoms with E-state index in [1.165, 1.54) is 7.11 Å². The molecule has 0 atom stereocenters. The molecule has 0 amide bonds. The van der Waals surface area contributed by atoms with Gasteiger partial charge in [0.15, 0.2) is 11.2 Å². The number of aromatic nitrogens is 3. The van der Waals surface area contributed by atoms with Gasteiger partial charge in [-0.3, -0.25) is 4.98 Å². The Balaban J connectivity index is 1.69. The Morgan fingerprint density at radius 1 is 0.857 bits per heavy atom. The first-order valence-electron chi connectivity index (χ1n) is 8.53. The number of carbonyl (C=O) groups excluding carboxylic acids is 1. The van der Waals surface area contributed by atoms with Crippen molar-refractivity contribution in [2.24, 2.45) is 0 Å². The van der Waals surface area contributed by atoms with Crippen molar-refractivity contribution in [1.82, 2.24) is 15.0 Å². The maximum absolute atomic E-state index is 12.0. The molecule has 0 aliphatic heterocycles. The van der Waals surface area contributed by atoms with Crippen molar-refractivity contribution in [3.63, 3.8) is 0 Å². The normalized spacial score (nSPS) is 11.2. The highest BCUT2D eigenvalue weighted by molar-refractivity contribution is 6.02. The first kappa shape index (κ1) is 16.2. The maximum atomic E-state index is 12.0. The van der Waals surface area contributed by atoms with Gasteiger partial charge in [-0.25, -0.2) is 14.8 Å². The molecule has 3 aromatic heterocycles. The van der Waals surface area contributed by atoms with Crippen LogP contribution >= 0.6 is 0 Å². The summed E-state index contributed by atoms with van der Waals surface area (Å²) in [7, 11) is 1.33. The Hall–Kier alpha value is -4.00. The lowest BCUT2D eigenvalue weighted by molar-refractivity contribution is 0.0602. The molecule has 0 radical (unpaired) electrons. The number of nitrogens with zero attached hydrogens (tertiary/aromatic N) is 3. The monoisotopic (exact) mass is 371 g/mol. The second-order valence-corrected chi connectivity index (χ2v) is 6.07. The zero-order chi connectivity index (χ0) is 19.1. The number of hydrogen-bond acceptors (Lipinski definition) is 7. The average Bonchev–Trinajstić information content (AvgIpc) is 3.37. The molecule has 5 rings (SSSR count). The van der Waals surface area contributed by atoms with Crippen LogP contribution in [0, 0.1) is 0 Å². The van der Waals surface area contributed by atoms with E-state index in [4.69, 9.17) is 13.6 Å². The van der Waals surface area contributed by atoms with E-state index in [1.807, 2.05) is 30.3 Å². The highest BCUT2D eigenvalue weighted by Gasteiger charge is 2.19. The molecule has 0 bridgehead atoms. The van der Waals surface area contributed by atoms with Gasteiger partial charge < -0.3 is 13.6 Å².